The molecule has 0 aliphatic heterocycles. The predicted octanol–water partition coefficient (Wildman–Crippen LogP) is -0.442. The summed E-state index contributed by atoms with van der Waals surface area (Å²) in [5, 5.41) is 12.5. The van der Waals surface area contributed by atoms with E-state index < -0.39 is 5.56 Å². The van der Waals surface area contributed by atoms with Crippen molar-refractivity contribution >= 4 is 34.8 Å². The van der Waals surface area contributed by atoms with Crippen LogP contribution in [0, 0.1) is 5.92 Å². The number of thioether (sulfide) groups is 1. The largest absolute Gasteiger partial charge is 0.395 e. The Kier molecular flexibility index (Phi) is 5.61. The van der Waals surface area contributed by atoms with E-state index in [0.29, 0.717) is 23.3 Å². The standard InChI is InChI=1S/C13H20N6O3S/c1-7(2)5-15-8(21)6-23-13-16-9-10(19(13)3-4-20)17-12(14)18-11(9)22/h7,20H,3-6H2,1-2H3,(H,15,21)(H3,14,17,18,22). The van der Waals surface area contributed by atoms with Crippen molar-refractivity contribution in [2.75, 3.05) is 24.6 Å². The maximum absolute atomic E-state index is 11.9. The molecule has 10 heteroatoms. The Labute approximate surface area is 136 Å². The Balaban J connectivity index is 2.22. The van der Waals surface area contributed by atoms with Gasteiger partial charge >= 0.3 is 0 Å². The van der Waals surface area contributed by atoms with Gasteiger partial charge in [-0.3, -0.25) is 14.6 Å². The molecule has 0 aromatic carbocycles. The van der Waals surface area contributed by atoms with Crippen LogP contribution < -0.4 is 16.6 Å². The number of carbonyl (C=O) groups is 1. The molecule has 23 heavy (non-hydrogen) atoms. The van der Waals surface area contributed by atoms with E-state index in [1.165, 1.54) is 11.8 Å². The molecule has 2 aromatic rings. The summed E-state index contributed by atoms with van der Waals surface area (Å²) in [5.74, 6) is 0.392. The van der Waals surface area contributed by atoms with E-state index in [0.717, 1.165) is 0 Å². The van der Waals surface area contributed by atoms with Crippen molar-refractivity contribution in [3.8, 4) is 0 Å². The summed E-state index contributed by atoms with van der Waals surface area (Å²) < 4.78 is 1.58. The van der Waals surface area contributed by atoms with E-state index >= 15 is 0 Å². The van der Waals surface area contributed by atoms with Gasteiger partial charge in [0.05, 0.1) is 12.4 Å². The molecule has 0 radical (unpaired) electrons. The summed E-state index contributed by atoms with van der Waals surface area (Å²) in [6.07, 6.45) is 0. The molecular formula is C13H20N6O3S. The number of nitrogens with one attached hydrogen (secondary N) is 2. The van der Waals surface area contributed by atoms with Crippen molar-refractivity contribution < 1.29 is 9.90 Å². The average molecular weight is 340 g/mol. The van der Waals surface area contributed by atoms with Crippen molar-refractivity contribution in [2.24, 2.45) is 5.92 Å². The molecule has 1 amide bonds. The number of anilines is 1. The monoisotopic (exact) mass is 340 g/mol. The van der Waals surface area contributed by atoms with E-state index in [1.807, 2.05) is 13.8 Å². The van der Waals surface area contributed by atoms with Crippen molar-refractivity contribution in [2.45, 2.75) is 25.5 Å². The van der Waals surface area contributed by atoms with Crippen LogP contribution in [0.15, 0.2) is 9.95 Å². The van der Waals surface area contributed by atoms with E-state index in [1.54, 1.807) is 4.57 Å². The topological polar surface area (TPSA) is 139 Å². The normalized spacial score (nSPS) is 11.3. The fourth-order valence-corrected chi connectivity index (χ4v) is 2.77. The molecule has 5 N–H and O–H groups in total. The Morgan fingerprint density at radius 3 is 2.87 bits per heavy atom. The molecule has 126 valence electrons. The van der Waals surface area contributed by atoms with Crippen LogP contribution in [-0.4, -0.2) is 49.4 Å². The first-order valence-electron chi connectivity index (χ1n) is 7.18. The molecule has 0 aliphatic rings. The van der Waals surface area contributed by atoms with Crippen LogP contribution in [0.5, 0.6) is 0 Å². The average Bonchev–Trinajstić information content (AvgIpc) is 2.82. The minimum absolute atomic E-state index is 0.0205. The minimum atomic E-state index is -0.449. The number of nitrogens with zero attached hydrogens (tertiary/aromatic N) is 3. The molecule has 0 saturated carbocycles. The SMILES string of the molecule is CC(C)CNC(=O)CSc1nc2c(=O)[nH]c(N)nc2n1CCO. The van der Waals surface area contributed by atoms with Gasteiger partial charge < -0.3 is 20.7 Å². The van der Waals surface area contributed by atoms with E-state index in [9.17, 15) is 14.7 Å². The Hall–Kier alpha value is -2.07. The summed E-state index contributed by atoms with van der Waals surface area (Å²) >= 11 is 1.18. The number of aromatic nitrogens is 4. The first kappa shape index (κ1) is 17.3. The summed E-state index contributed by atoms with van der Waals surface area (Å²) in [6.45, 7) is 4.69. The molecule has 0 saturated heterocycles. The smallest absolute Gasteiger partial charge is 0.280 e. The molecule has 0 unspecified atom stereocenters. The number of fused-ring (bicyclic) bond motifs is 1. The van der Waals surface area contributed by atoms with Crippen molar-refractivity contribution in [1.29, 1.82) is 0 Å². The van der Waals surface area contributed by atoms with Gasteiger partial charge in [-0.05, 0) is 5.92 Å². The molecule has 0 fully saturated rings. The number of aliphatic hydroxyl groups excluding tert-OH is 1. The molecule has 2 heterocycles. The van der Waals surface area contributed by atoms with Gasteiger partial charge in [0.25, 0.3) is 5.56 Å². The van der Waals surface area contributed by atoms with E-state index in [2.05, 4.69) is 20.3 Å². The second-order valence-corrected chi connectivity index (χ2v) is 6.32. The Morgan fingerprint density at radius 1 is 1.48 bits per heavy atom. The van der Waals surface area contributed by atoms with Crippen LogP contribution in [0.2, 0.25) is 0 Å². The van der Waals surface area contributed by atoms with Crippen molar-refractivity contribution in [3.63, 3.8) is 0 Å². The number of nitrogens with two attached hydrogens (primary N) is 1. The van der Waals surface area contributed by atoms with E-state index in [4.69, 9.17) is 5.73 Å². The molecule has 0 aliphatic carbocycles. The van der Waals surface area contributed by atoms with Gasteiger partial charge in [0.2, 0.25) is 11.9 Å². The molecule has 0 atom stereocenters. The number of imidazole rings is 1. The van der Waals surface area contributed by atoms with Gasteiger partial charge in [0.1, 0.15) is 0 Å². The maximum Gasteiger partial charge on any atom is 0.280 e. The lowest BCUT2D eigenvalue weighted by Gasteiger charge is -2.08. The Morgan fingerprint density at radius 2 is 2.22 bits per heavy atom. The number of H-pyrrole nitrogens is 1. The van der Waals surface area contributed by atoms with Gasteiger partial charge in [-0.2, -0.15) is 4.98 Å². The quantitative estimate of drug-likeness (QED) is 0.501. The third-order valence-electron chi connectivity index (χ3n) is 2.95. The lowest BCUT2D eigenvalue weighted by atomic mass is 10.2. The third-order valence-corrected chi connectivity index (χ3v) is 3.93. The highest BCUT2D eigenvalue weighted by Crippen LogP contribution is 2.21. The number of aliphatic hydroxyl groups is 1. The predicted molar refractivity (Wildman–Crippen MR) is 88.2 cm³/mol. The number of nitrogen functional groups attached to an aromatic ring is 1. The number of carbonyl (C=O) groups excluding carboxylic acids is 1. The van der Waals surface area contributed by atoms with Gasteiger partial charge in [-0.25, -0.2) is 4.98 Å². The fraction of sp³-hybridized carbons (Fsp3) is 0.538. The van der Waals surface area contributed by atoms with Crippen molar-refractivity contribution in [1.82, 2.24) is 24.8 Å². The molecule has 9 nitrogen and oxygen atoms in total. The van der Waals surface area contributed by atoms with Crippen LogP contribution in [0.1, 0.15) is 13.8 Å². The second kappa shape index (κ2) is 7.47. The first-order valence-corrected chi connectivity index (χ1v) is 8.17. The van der Waals surface area contributed by atoms with Crippen LogP contribution in [-0.2, 0) is 11.3 Å². The van der Waals surface area contributed by atoms with E-state index in [-0.39, 0.29) is 36.3 Å². The highest BCUT2D eigenvalue weighted by molar-refractivity contribution is 7.99. The van der Waals surface area contributed by atoms with Crippen molar-refractivity contribution in [3.05, 3.63) is 10.4 Å². The molecule has 0 spiro atoms. The van der Waals surface area contributed by atoms with Gasteiger partial charge in [-0.1, -0.05) is 25.6 Å². The molecule has 2 rings (SSSR count). The third kappa shape index (κ3) is 4.23. The second-order valence-electron chi connectivity index (χ2n) is 5.38. The lowest BCUT2D eigenvalue weighted by molar-refractivity contribution is -0.118. The van der Waals surface area contributed by atoms with Gasteiger partial charge in [0.15, 0.2) is 16.3 Å². The van der Waals surface area contributed by atoms with Gasteiger partial charge in [-0.15, -0.1) is 0 Å². The van der Waals surface area contributed by atoms with Crippen LogP contribution >= 0.6 is 11.8 Å². The van der Waals surface area contributed by atoms with Gasteiger partial charge in [0, 0.05) is 13.1 Å². The maximum atomic E-state index is 11.9. The van der Waals surface area contributed by atoms with Crippen LogP contribution in [0.25, 0.3) is 11.2 Å². The minimum Gasteiger partial charge on any atom is -0.395 e. The molecule has 2 aromatic heterocycles. The zero-order chi connectivity index (χ0) is 17.0. The lowest BCUT2D eigenvalue weighted by Crippen LogP contribution is -2.28. The summed E-state index contributed by atoms with van der Waals surface area (Å²) in [7, 11) is 0. The van der Waals surface area contributed by atoms with Crippen LogP contribution in [0.4, 0.5) is 5.95 Å². The summed E-state index contributed by atoms with van der Waals surface area (Å²) in [6, 6.07) is 0. The number of hydrogen-bond acceptors (Lipinski definition) is 7. The Bertz CT molecular complexity index is 754. The highest BCUT2D eigenvalue weighted by atomic mass is 32.2. The molecular weight excluding hydrogens is 320 g/mol. The zero-order valence-corrected chi connectivity index (χ0v) is 13.8. The number of hydrogen-bond donors (Lipinski definition) is 4. The summed E-state index contributed by atoms with van der Waals surface area (Å²) in [5.41, 5.74) is 5.53. The van der Waals surface area contributed by atoms with Crippen LogP contribution in [0.3, 0.4) is 0 Å². The zero-order valence-electron chi connectivity index (χ0n) is 13.0. The number of aromatic amines is 1. The number of amides is 1. The highest BCUT2D eigenvalue weighted by Gasteiger charge is 2.16. The molecule has 0 bridgehead atoms. The number of rotatable bonds is 7. The summed E-state index contributed by atoms with van der Waals surface area (Å²) in [4.78, 5) is 34.3. The fourth-order valence-electron chi connectivity index (χ4n) is 1.92. The first-order chi connectivity index (χ1) is 10.9.